The topological polar surface area (TPSA) is 86.3 Å². The minimum absolute atomic E-state index is 0.247. The Morgan fingerprint density at radius 1 is 0.786 bits per heavy atom. The van der Waals surface area contributed by atoms with E-state index in [1.54, 1.807) is 6.07 Å². The number of benzene rings is 1. The molecule has 2 atom stereocenters. The molecular formula is C20H34N2O6+2. The number of ether oxygens (including phenoxy) is 4. The Bertz CT molecular complexity index is 518. The van der Waals surface area contributed by atoms with Gasteiger partial charge in [0.05, 0.1) is 26.4 Å². The van der Waals surface area contributed by atoms with Crippen LogP contribution in [0.2, 0.25) is 0 Å². The second kappa shape index (κ2) is 11.5. The predicted molar refractivity (Wildman–Crippen MR) is 102 cm³/mol. The summed E-state index contributed by atoms with van der Waals surface area (Å²) in [6.07, 6.45) is -1.04. The zero-order valence-corrected chi connectivity index (χ0v) is 16.5. The van der Waals surface area contributed by atoms with Crippen molar-refractivity contribution in [3.05, 3.63) is 24.3 Å². The van der Waals surface area contributed by atoms with Crippen molar-refractivity contribution in [1.82, 2.24) is 0 Å². The molecule has 4 N–H and O–H groups in total. The third-order valence-electron chi connectivity index (χ3n) is 5.14. The van der Waals surface area contributed by atoms with Crippen LogP contribution in [0.3, 0.4) is 0 Å². The van der Waals surface area contributed by atoms with Crippen LogP contribution in [0.4, 0.5) is 0 Å². The van der Waals surface area contributed by atoms with Gasteiger partial charge in [-0.3, -0.25) is 0 Å². The number of aliphatic hydroxyl groups excluding tert-OH is 2. The fourth-order valence-corrected chi connectivity index (χ4v) is 3.55. The van der Waals surface area contributed by atoms with Crippen molar-refractivity contribution in [3.8, 4) is 11.5 Å². The van der Waals surface area contributed by atoms with Gasteiger partial charge in [-0.1, -0.05) is 6.07 Å². The van der Waals surface area contributed by atoms with Crippen LogP contribution >= 0.6 is 0 Å². The highest BCUT2D eigenvalue weighted by molar-refractivity contribution is 5.32. The molecule has 28 heavy (non-hydrogen) atoms. The van der Waals surface area contributed by atoms with Gasteiger partial charge >= 0.3 is 0 Å². The van der Waals surface area contributed by atoms with E-state index in [0.29, 0.717) is 24.6 Å². The van der Waals surface area contributed by atoms with Gasteiger partial charge < -0.3 is 39.0 Å². The van der Waals surface area contributed by atoms with E-state index < -0.39 is 12.2 Å². The van der Waals surface area contributed by atoms with Gasteiger partial charge in [0.15, 0.2) is 0 Å². The second-order valence-electron chi connectivity index (χ2n) is 7.54. The zero-order chi connectivity index (χ0) is 19.6. The molecule has 1 aromatic rings. The number of nitrogens with one attached hydrogen (secondary N) is 2. The van der Waals surface area contributed by atoms with Crippen LogP contribution in [0.1, 0.15) is 0 Å². The first-order valence-corrected chi connectivity index (χ1v) is 10.2. The van der Waals surface area contributed by atoms with Crippen molar-refractivity contribution >= 4 is 0 Å². The maximum Gasteiger partial charge on any atom is 0.137 e. The van der Waals surface area contributed by atoms with Crippen LogP contribution in [0.5, 0.6) is 11.5 Å². The van der Waals surface area contributed by atoms with E-state index in [1.165, 1.54) is 9.80 Å². The van der Waals surface area contributed by atoms with E-state index in [4.69, 9.17) is 18.9 Å². The summed E-state index contributed by atoms with van der Waals surface area (Å²) < 4.78 is 22.1. The molecule has 3 rings (SSSR count). The average molecular weight is 399 g/mol. The molecule has 0 aromatic heterocycles. The first-order chi connectivity index (χ1) is 13.7. The van der Waals surface area contributed by atoms with Gasteiger partial charge in [-0.15, -0.1) is 0 Å². The van der Waals surface area contributed by atoms with Gasteiger partial charge in [-0.2, -0.15) is 0 Å². The van der Waals surface area contributed by atoms with Crippen LogP contribution in [-0.2, 0) is 9.47 Å². The van der Waals surface area contributed by atoms with Crippen molar-refractivity contribution in [2.45, 2.75) is 12.2 Å². The molecule has 8 heteroatoms. The Balaban J connectivity index is 1.36. The first-order valence-electron chi connectivity index (χ1n) is 10.2. The quantitative estimate of drug-likeness (QED) is 0.336. The third-order valence-corrected chi connectivity index (χ3v) is 5.14. The molecule has 158 valence electrons. The first kappa shape index (κ1) is 21.3. The smallest absolute Gasteiger partial charge is 0.137 e. The summed E-state index contributed by atoms with van der Waals surface area (Å²) >= 11 is 0. The standard InChI is InChI=1S/C20H32N2O6/c23-17(13-21-4-8-25-9-5-21)15-27-19-2-1-3-20(12-19)28-16-18(24)14-22-6-10-26-11-7-22/h1-3,12,17-18,23-24H,4-11,13-16H2/p+2/t17-,18-/m0/s1. The Hall–Kier alpha value is -1.42. The molecule has 2 aliphatic rings. The summed E-state index contributed by atoms with van der Waals surface area (Å²) in [6.45, 7) is 8.52. The van der Waals surface area contributed by atoms with Crippen molar-refractivity contribution in [2.75, 3.05) is 78.9 Å². The Labute approximate surface area is 166 Å². The molecule has 0 saturated carbocycles. The normalized spacial score (nSPS) is 21.2. The highest BCUT2D eigenvalue weighted by Gasteiger charge is 2.20. The van der Waals surface area contributed by atoms with Crippen LogP contribution in [0.15, 0.2) is 24.3 Å². The van der Waals surface area contributed by atoms with Crippen molar-refractivity contribution < 1.29 is 39.0 Å². The van der Waals surface area contributed by atoms with E-state index in [9.17, 15) is 10.2 Å². The van der Waals surface area contributed by atoms with Gasteiger partial charge in [0, 0.05) is 6.07 Å². The van der Waals surface area contributed by atoms with Crippen LogP contribution in [0, 0.1) is 0 Å². The number of rotatable bonds is 10. The Morgan fingerprint density at radius 3 is 1.64 bits per heavy atom. The monoisotopic (exact) mass is 398 g/mol. The molecule has 0 spiro atoms. The van der Waals surface area contributed by atoms with Gasteiger partial charge in [0.1, 0.15) is 76.2 Å². The minimum atomic E-state index is -0.518. The predicted octanol–water partition coefficient (Wildman–Crippen LogP) is -3.00. The summed E-state index contributed by atoms with van der Waals surface area (Å²) in [6, 6.07) is 7.33. The molecule has 1 aromatic carbocycles. The molecule has 0 radical (unpaired) electrons. The van der Waals surface area contributed by atoms with Crippen molar-refractivity contribution in [2.24, 2.45) is 0 Å². The van der Waals surface area contributed by atoms with Gasteiger partial charge in [0.2, 0.25) is 0 Å². The number of hydrogen-bond acceptors (Lipinski definition) is 6. The lowest BCUT2D eigenvalue weighted by molar-refractivity contribution is -0.911. The highest BCUT2D eigenvalue weighted by atomic mass is 16.5. The van der Waals surface area contributed by atoms with Crippen molar-refractivity contribution in [3.63, 3.8) is 0 Å². The van der Waals surface area contributed by atoms with E-state index in [0.717, 1.165) is 52.6 Å². The van der Waals surface area contributed by atoms with Crippen LogP contribution in [-0.4, -0.2) is 101 Å². The molecule has 2 fully saturated rings. The van der Waals surface area contributed by atoms with Gasteiger partial charge in [0.25, 0.3) is 0 Å². The molecule has 0 unspecified atom stereocenters. The average Bonchev–Trinajstić information content (AvgIpc) is 2.73. The maximum absolute atomic E-state index is 10.2. The molecule has 8 nitrogen and oxygen atoms in total. The van der Waals surface area contributed by atoms with Gasteiger partial charge in [-0.05, 0) is 12.1 Å². The van der Waals surface area contributed by atoms with E-state index in [2.05, 4.69) is 0 Å². The van der Waals surface area contributed by atoms with Crippen molar-refractivity contribution in [1.29, 1.82) is 0 Å². The lowest BCUT2D eigenvalue weighted by Gasteiger charge is -2.26. The Morgan fingerprint density at radius 2 is 1.21 bits per heavy atom. The summed E-state index contributed by atoms with van der Waals surface area (Å²) in [5.41, 5.74) is 0. The summed E-state index contributed by atoms with van der Waals surface area (Å²) in [4.78, 5) is 2.69. The number of hydrogen-bond donors (Lipinski definition) is 4. The molecule has 2 aliphatic heterocycles. The van der Waals surface area contributed by atoms with Crippen LogP contribution < -0.4 is 19.3 Å². The lowest BCUT2D eigenvalue weighted by atomic mass is 10.3. The highest BCUT2D eigenvalue weighted by Crippen LogP contribution is 2.19. The van der Waals surface area contributed by atoms with E-state index >= 15 is 0 Å². The second-order valence-corrected chi connectivity index (χ2v) is 7.54. The van der Waals surface area contributed by atoms with Gasteiger partial charge in [-0.25, -0.2) is 0 Å². The summed E-state index contributed by atoms with van der Waals surface area (Å²) in [5.74, 6) is 1.31. The lowest BCUT2D eigenvalue weighted by Crippen LogP contribution is -3.15. The number of morpholine rings is 2. The van der Waals surface area contributed by atoms with E-state index in [-0.39, 0.29) is 13.2 Å². The fraction of sp³-hybridized carbons (Fsp3) is 0.700. The fourth-order valence-electron chi connectivity index (χ4n) is 3.55. The molecule has 0 aliphatic carbocycles. The van der Waals surface area contributed by atoms with E-state index in [1.807, 2.05) is 18.2 Å². The maximum atomic E-state index is 10.2. The molecule has 0 amide bonds. The molecule has 0 bridgehead atoms. The summed E-state index contributed by atoms with van der Waals surface area (Å²) in [7, 11) is 0. The summed E-state index contributed by atoms with van der Waals surface area (Å²) in [5, 5.41) is 20.4. The minimum Gasteiger partial charge on any atom is -0.491 e. The van der Waals surface area contributed by atoms with Crippen LogP contribution in [0.25, 0.3) is 0 Å². The number of quaternary nitrogens is 2. The Kier molecular flexibility index (Phi) is 8.78. The third kappa shape index (κ3) is 7.54. The molecular weight excluding hydrogens is 364 g/mol. The zero-order valence-electron chi connectivity index (χ0n) is 16.5. The largest absolute Gasteiger partial charge is 0.491 e. The SMILES string of the molecule is O[C@H](COc1cccc(OC[C@@H](O)C[NH+]2CCOCC2)c1)C[NH+]1CCOCC1. The number of aliphatic hydroxyl groups is 2. The molecule has 2 saturated heterocycles. The molecule has 2 heterocycles.